The van der Waals surface area contributed by atoms with Crippen molar-refractivity contribution >= 4 is 29.5 Å². The lowest BCUT2D eigenvalue weighted by Gasteiger charge is -2.44. The molecule has 0 radical (unpaired) electrons. The van der Waals surface area contributed by atoms with Gasteiger partial charge in [-0.15, -0.1) is 11.8 Å². The van der Waals surface area contributed by atoms with Crippen molar-refractivity contribution in [2.45, 2.75) is 49.8 Å². The van der Waals surface area contributed by atoms with E-state index in [-0.39, 0.29) is 17.2 Å². The number of phenolic OH excluding ortho intramolecular Hbond substituents is 1. The van der Waals surface area contributed by atoms with Crippen LogP contribution in [0.15, 0.2) is 23.1 Å². The number of rotatable bonds is 2. The molecule has 1 aromatic carbocycles. The van der Waals surface area contributed by atoms with Crippen molar-refractivity contribution in [3.05, 3.63) is 23.2 Å². The van der Waals surface area contributed by atoms with Gasteiger partial charge < -0.3 is 15.1 Å². The van der Waals surface area contributed by atoms with Crippen molar-refractivity contribution in [2.75, 3.05) is 6.54 Å². The highest BCUT2D eigenvalue weighted by Crippen LogP contribution is 2.41. The number of likely N-dealkylation sites (tertiary alicyclic amines) is 1. The van der Waals surface area contributed by atoms with E-state index in [1.165, 1.54) is 6.07 Å². The van der Waals surface area contributed by atoms with Crippen LogP contribution in [0.2, 0.25) is 5.02 Å². The normalized spacial score (nSPS) is 22.6. The Morgan fingerprint density at radius 1 is 1.41 bits per heavy atom. The fourth-order valence-corrected chi connectivity index (χ4v) is 4.34. The zero-order chi connectivity index (χ0) is 16.5. The van der Waals surface area contributed by atoms with Crippen LogP contribution in [0.3, 0.4) is 0 Å². The first-order chi connectivity index (χ1) is 10.2. The molecule has 1 aliphatic rings. The smallest absolute Gasteiger partial charge is 0.407 e. The molecule has 2 N–H and O–H groups in total. The Morgan fingerprint density at radius 3 is 2.64 bits per heavy atom. The maximum absolute atomic E-state index is 11.4. The van der Waals surface area contributed by atoms with E-state index in [1.54, 1.807) is 22.7 Å². The number of phenols is 1. The van der Waals surface area contributed by atoms with Crippen molar-refractivity contribution in [3.63, 3.8) is 0 Å². The zero-order valence-electron chi connectivity index (χ0n) is 13.0. The summed E-state index contributed by atoms with van der Waals surface area (Å²) in [5.74, 6) is 0.155. The number of benzene rings is 1. The van der Waals surface area contributed by atoms with Gasteiger partial charge >= 0.3 is 6.09 Å². The van der Waals surface area contributed by atoms with Crippen molar-refractivity contribution in [3.8, 4) is 5.75 Å². The van der Waals surface area contributed by atoms with Crippen molar-refractivity contribution in [2.24, 2.45) is 5.41 Å². The summed E-state index contributed by atoms with van der Waals surface area (Å²) in [5, 5.41) is 19.7. The lowest BCUT2D eigenvalue weighted by atomic mass is 9.80. The quantitative estimate of drug-likeness (QED) is 0.817. The second-order valence-electron chi connectivity index (χ2n) is 6.74. The molecule has 0 aliphatic carbocycles. The number of aromatic hydroxyl groups is 1. The van der Waals surface area contributed by atoms with Gasteiger partial charge in [0.1, 0.15) is 5.75 Å². The van der Waals surface area contributed by atoms with Gasteiger partial charge in [-0.3, -0.25) is 0 Å². The number of piperidine rings is 1. The number of halogens is 1. The summed E-state index contributed by atoms with van der Waals surface area (Å²) in [5.41, 5.74) is -0.101. The van der Waals surface area contributed by atoms with E-state index < -0.39 is 6.09 Å². The van der Waals surface area contributed by atoms with Gasteiger partial charge in [0.05, 0.1) is 5.02 Å². The van der Waals surface area contributed by atoms with E-state index in [0.29, 0.717) is 16.8 Å². The number of carbonyl (C=O) groups is 1. The summed E-state index contributed by atoms with van der Waals surface area (Å²) >= 11 is 7.84. The fraction of sp³-hybridized carbons (Fsp3) is 0.562. The van der Waals surface area contributed by atoms with Crippen LogP contribution in [0.5, 0.6) is 5.75 Å². The molecule has 1 aliphatic heterocycles. The second kappa shape index (κ2) is 6.59. The SMILES string of the molecule is CC(C)(C)C1CC(Sc2ccc(O)cc2Cl)CCN1C(=O)O. The van der Waals surface area contributed by atoms with E-state index in [9.17, 15) is 15.0 Å². The molecule has 2 atom stereocenters. The van der Waals surface area contributed by atoms with E-state index in [2.05, 4.69) is 20.8 Å². The highest BCUT2D eigenvalue weighted by molar-refractivity contribution is 8.00. The number of carboxylic acid groups (broad SMARTS) is 1. The lowest BCUT2D eigenvalue weighted by Crippen LogP contribution is -2.52. The first kappa shape index (κ1) is 17.3. The average molecular weight is 344 g/mol. The molecule has 0 saturated carbocycles. The molecule has 2 unspecified atom stereocenters. The van der Waals surface area contributed by atoms with Crippen molar-refractivity contribution in [1.29, 1.82) is 0 Å². The van der Waals surface area contributed by atoms with Gasteiger partial charge in [0, 0.05) is 22.7 Å². The van der Waals surface area contributed by atoms with Gasteiger partial charge in [0.2, 0.25) is 0 Å². The predicted molar refractivity (Wildman–Crippen MR) is 90.0 cm³/mol. The van der Waals surface area contributed by atoms with Crippen LogP contribution in [0.4, 0.5) is 4.79 Å². The Morgan fingerprint density at radius 2 is 2.09 bits per heavy atom. The molecule has 0 aromatic heterocycles. The molecule has 22 heavy (non-hydrogen) atoms. The molecule has 1 amide bonds. The maximum Gasteiger partial charge on any atom is 0.407 e. The molecule has 6 heteroatoms. The maximum atomic E-state index is 11.4. The fourth-order valence-electron chi connectivity index (χ4n) is 2.85. The van der Waals surface area contributed by atoms with Gasteiger partial charge in [-0.05, 0) is 36.5 Å². The third kappa shape index (κ3) is 4.02. The number of thioether (sulfide) groups is 1. The van der Waals surface area contributed by atoms with Gasteiger partial charge in [-0.25, -0.2) is 4.79 Å². The monoisotopic (exact) mass is 343 g/mol. The molecular weight excluding hydrogens is 322 g/mol. The minimum Gasteiger partial charge on any atom is -0.508 e. The Bertz CT molecular complexity index is 559. The van der Waals surface area contributed by atoms with Gasteiger partial charge in [-0.2, -0.15) is 0 Å². The Hall–Kier alpha value is -1.07. The highest BCUT2D eigenvalue weighted by Gasteiger charge is 2.38. The van der Waals surface area contributed by atoms with Crippen LogP contribution in [-0.2, 0) is 0 Å². The van der Waals surface area contributed by atoms with Crippen LogP contribution in [0, 0.1) is 5.41 Å². The van der Waals surface area contributed by atoms with Crippen LogP contribution in [0.1, 0.15) is 33.6 Å². The first-order valence-electron chi connectivity index (χ1n) is 7.33. The van der Waals surface area contributed by atoms with E-state index in [1.807, 2.05) is 6.07 Å². The van der Waals surface area contributed by atoms with Gasteiger partial charge in [-0.1, -0.05) is 32.4 Å². The molecule has 1 fully saturated rings. The Labute approximate surface area is 140 Å². The Balaban J connectivity index is 2.12. The minimum atomic E-state index is -0.842. The lowest BCUT2D eigenvalue weighted by molar-refractivity contribution is 0.0613. The third-order valence-corrected chi connectivity index (χ3v) is 5.80. The van der Waals surface area contributed by atoms with Crippen molar-refractivity contribution in [1.82, 2.24) is 4.90 Å². The summed E-state index contributed by atoms with van der Waals surface area (Å²) in [6.45, 7) is 6.78. The van der Waals surface area contributed by atoms with Crippen molar-refractivity contribution < 1.29 is 15.0 Å². The molecule has 0 spiro atoms. The summed E-state index contributed by atoms with van der Waals surface area (Å²) in [4.78, 5) is 13.9. The third-order valence-electron chi connectivity index (χ3n) is 4.01. The molecule has 1 saturated heterocycles. The Kier molecular flexibility index (Phi) is 5.17. The molecule has 2 rings (SSSR count). The predicted octanol–water partition coefficient (Wildman–Crippen LogP) is 4.69. The number of amides is 1. The molecule has 4 nitrogen and oxygen atoms in total. The molecule has 122 valence electrons. The number of hydrogen-bond donors (Lipinski definition) is 2. The highest BCUT2D eigenvalue weighted by atomic mass is 35.5. The topological polar surface area (TPSA) is 60.8 Å². The summed E-state index contributed by atoms with van der Waals surface area (Å²) in [6, 6.07) is 4.98. The van der Waals surface area contributed by atoms with Gasteiger partial charge in [0.15, 0.2) is 0 Å². The largest absolute Gasteiger partial charge is 0.508 e. The summed E-state index contributed by atoms with van der Waals surface area (Å²) in [7, 11) is 0. The first-order valence-corrected chi connectivity index (χ1v) is 8.59. The number of hydrogen-bond acceptors (Lipinski definition) is 3. The molecule has 1 aromatic rings. The molecule has 0 bridgehead atoms. The van der Waals surface area contributed by atoms with E-state index in [4.69, 9.17) is 11.6 Å². The van der Waals surface area contributed by atoms with Gasteiger partial charge in [0.25, 0.3) is 0 Å². The van der Waals surface area contributed by atoms with Crippen LogP contribution in [0.25, 0.3) is 0 Å². The second-order valence-corrected chi connectivity index (χ2v) is 8.49. The summed E-state index contributed by atoms with van der Waals surface area (Å²) in [6.07, 6.45) is 0.768. The minimum absolute atomic E-state index is 0.00728. The standard InChI is InChI=1S/C16H22ClNO3S/c1-16(2,3)14-9-11(6-7-18(14)15(20)21)22-13-5-4-10(19)8-12(13)17/h4-5,8,11,14,19H,6-7,9H2,1-3H3,(H,20,21). The number of nitrogens with zero attached hydrogens (tertiary/aromatic N) is 1. The van der Waals surface area contributed by atoms with E-state index >= 15 is 0 Å². The van der Waals surface area contributed by atoms with E-state index in [0.717, 1.165) is 17.7 Å². The average Bonchev–Trinajstić information content (AvgIpc) is 2.40. The van der Waals surface area contributed by atoms with Crippen LogP contribution in [-0.4, -0.2) is 39.0 Å². The zero-order valence-corrected chi connectivity index (χ0v) is 14.6. The molecular formula is C16H22ClNO3S. The van der Waals surface area contributed by atoms with Crippen LogP contribution >= 0.6 is 23.4 Å². The van der Waals surface area contributed by atoms with Crippen LogP contribution < -0.4 is 0 Å². The summed E-state index contributed by atoms with van der Waals surface area (Å²) < 4.78 is 0. The molecule has 1 heterocycles.